The van der Waals surface area contributed by atoms with Crippen LogP contribution in [-0.2, 0) is 6.54 Å². The molecular formula is C24H24N4O. The Morgan fingerprint density at radius 1 is 1.14 bits per heavy atom. The summed E-state index contributed by atoms with van der Waals surface area (Å²) in [5, 5.41) is 19.9. The number of hydrogen-bond acceptors (Lipinski definition) is 5. The number of rotatable bonds is 4. The van der Waals surface area contributed by atoms with E-state index in [-0.39, 0.29) is 17.5 Å². The van der Waals surface area contributed by atoms with Crippen molar-refractivity contribution in [2.24, 2.45) is 0 Å². The lowest BCUT2D eigenvalue weighted by molar-refractivity contribution is 0.200. The van der Waals surface area contributed by atoms with Crippen molar-refractivity contribution >= 4 is 5.82 Å². The molecule has 1 atom stereocenters. The van der Waals surface area contributed by atoms with E-state index in [4.69, 9.17) is 5.73 Å². The molecule has 1 fully saturated rings. The molecule has 0 aliphatic carbocycles. The zero-order valence-corrected chi connectivity index (χ0v) is 16.3. The van der Waals surface area contributed by atoms with Crippen LogP contribution in [0.2, 0.25) is 0 Å². The van der Waals surface area contributed by atoms with Crippen molar-refractivity contribution in [3.8, 4) is 23.1 Å². The standard InChI is InChI=1S/C24H24N4O/c25-14-21-20(13-22(27-24(21)26)19-10-4-5-11-23(19)29)18-9-6-12-28(16-18)15-17-7-2-1-3-8-17/h1-5,7-8,10-11,13,18,29H,6,9,12,15-16H2,(H2,26,27). The fraction of sp³-hybridized carbons (Fsp3) is 0.250. The van der Waals surface area contributed by atoms with E-state index in [2.05, 4.69) is 40.2 Å². The number of nitrogens with zero attached hydrogens (tertiary/aromatic N) is 3. The highest BCUT2D eigenvalue weighted by atomic mass is 16.3. The molecule has 1 aromatic heterocycles. The van der Waals surface area contributed by atoms with Crippen LogP contribution in [0.15, 0.2) is 60.7 Å². The maximum atomic E-state index is 10.2. The summed E-state index contributed by atoms with van der Waals surface area (Å²) in [7, 11) is 0. The van der Waals surface area contributed by atoms with Gasteiger partial charge in [-0.25, -0.2) is 4.98 Å². The molecule has 1 unspecified atom stereocenters. The SMILES string of the molecule is N#Cc1c(C2CCCN(Cc3ccccc3)C2)cc(-c2ccccc2O)nc1N. The van der Waals surface area contributed by atoms with Crippen molar-refractivity contribution < 1.29 is 5.11 Å². The van der Waals surface area contributed by atoms with Crippen molar-refractivity contribution in [1.82, 2.24) is 9.88 Å². The molecule has 0 amide bonds. The number of benzene rings is 2. The Bertz CT molecular complexity index is 1040. The summed E-state index contributed by atoms with van der Waals surface area (Å²) in [6.45, 7) is 2.81. The predicted octanol–water partition coefficient (Wildman–Crippen LogP) is 4.29. The molecule has 3 aromatic rings. The van der Waals surface area contributed by atoms with Crippen LogP contribution in [0, 0.1) is 11.3 Å². The minimum atomic E-state index is 0.157. The lowest BCUT2D eigenvalue weighted by atomic mass is 9.87. The molecule has 1 aliphatic rings. The highest BCUT2D eigenvalue weighted by molar-refractivity contribution is 5.71. The number of aromatic nitrogens is 1. The molecule has 5 heteroatoms. The summed E-state index contributed by atoms with van der Waals surface area (Å²) >= 11 is 0. The number of pyridine rings is 1. The maximum Gasteiger partial charge on any atom is 0.142 e. The maximum absolute atomic E-state index is 10.2. The van der Waals surface area contributed by atoms with Gasteiger partial charge in [0, 0.05) is 18.7 Å². The first-order chi connectivity index (χ1) is 14.2. The fourth-order valence-corrected chi connectivity index (χ4v) is 4.15. The van der Waals surface area contributed by atoms with Crippen LogP contribution in [0.4, 0.5) is 5.82 Å². The average molecular weight is 384 g/mol. The van der Waals surface area contributed by atoms with Gasteiger partial charge in [-0.05, 0) is 54.6 Å². The zero-order valence-electron chi connectivity index (χ0n) is 16.3. The molecule has 4 rings (SSSR count). The monoisotopic (exact) mass is 384 g/mol. The van der Waals surface area contributed by atoms with Gasteiger partial charge >= 0.3 is 0 Å². The van der Waals surface area contributed by atoms with Crippen molar-refractivity contribution in [3.05, 3.63) is 77.4 Å². The molecule has 2 heterocycles. The van der Waals surface area contributed by atoms with Crippen molar-refractivity contribution in [2.75, 3.05) is 18.8 Å². The molecule has 0 saturated carbocycles. The van der Waals surface area contributed by atoms with Crippen LogP contribution in [0.3, 0.4) is 0 Å². The van der Waals surface area contributed by atoms with E-state index in [0.717, 1.165) is 38.0 Å². The first-order valence-electron chi connectivity index (χ1n) is 9.91. The number of phenolic OH excluding ortho intramolecular Hbond substituents is 1. The van der Waals surface area contributed by atoms with Crippen molar-refractivity contribution in [3.63, 3.8) is 0 Å². The second-order valence-electron chi connectivity index (χ2n) is 7.55. The average Bonchev–Trinajstić information content (AvgIpc) is 2.74. The number of aromatic hydroxyl groups is 1. The van der Waals surface area contributed by atoms with Gasteiger partial charge < -0.3 is 10.8 Å². The Kier molecular flexibility index (Phi) is 5.46. The van der Waals surface area contributed by atoms with E-state index in [1.165, 1.54) is 5.56 Å². The summed E-state index contributed by atoms with van der Waals surface area (Å²) in [6, 6.07) is 21.7. The fourth-order valence-electron chi connectivity index (χ4n) is 4.15. The van der Waals surface area contributed by atoms with E-state index >= 15 is 0 Å². The molecule has 1 aliphatic heterocycles. The number of nitrogens with two attached hydrogens (primary N) is 1. The predicted molar refractivity (Wildman–Crippen MR) is 114 cm³/mol. The molecule has 146 valence electrons. The second-order valence-corrected chi connectivity index (χ2v) is 7.55. The van der Waals surface area contributed by atoms with Crippen LogP contribution in [0.25, 0.3) is 11.3 Å². The van der Waals surface area contributed by atoms with Crippen molar-refractivity contribution in [2.45, 2.75) is 25.3 Å². The number of nitrogen functional groups attached to an aromatic ring is 1. The van der Waals surface area contributed by atoms with Gasteiger partial charge in [0.2, 0.25) is 0 Å². The third-order valence-electron chi connectivity index (χ3n) is 5.56. The minimum absolute atomic E-state index is 0.157. The quantitative estimate of drug-likeness (QED) is 0.701. The van der Waals surface area contributed by atoms with E-state index < -0.39 is 0 Å². The van der Waals surface area contributed by atoms with Gasteiger partial charge in [0.15, 0.2) is 0 Å². The summed E-state index contributed by atoms with van der Waals surface area (Å²) in [5.74, 6) is 0.588. The molecule has 3 N–H and O–H groups in total. The summed E-state index contributed by atoms with van der Waals surface area (Å²) < 4.78 is 0. The summed E-state index contributed by atoms with van der Waals surface area (Å²) in [4.78, 5) is 6.83. The van der Waals surface area contributed by atoms with Gasteiger partial charge in [-0.2, -0.15) is 5.26 Å². The normalized spacial score (nSPS) is 17.0. The van der Waals surface area contributed by atoms with Gasteiger partial charge in [0.1, 0.15) is 17.6 Å². The number of likely N-dealkylation sites (tertiary alicyclic amines) is 1. The number of nitriles is 1. The Morgan fingerprint density at radius 2 is 1.90 bits per heavy atom. The van der Waals surface area contributed by atoms with E-state index in [1.807, 2.05) is 24.3 Å². The van der Waals surface area contributed by atoms with Gasteiger partial charge in [-0.3, -0.25) is 4.90 Å². The Hall–Kier alpha value is -3.36. The molecular weight excluding hydrogens is 360 g/mol. The Balaban J connectivity index is 1.66. The molecule has 29 heavy (non-hydrogen) atoms. The van der Waals surface area contributed by atoms with Crippen LogP contribution in [-0.4, -0.2) is 28.1 Å². The largest absolute Gasteiger partial charge is 0.507 e. The number of piperidine rings is 1. The number of anilines is 1. The second kappa shape index (κ2) is 8.34. The van der Waals surface area contributed by atoms with Gasteiger partial charge in [0.05, 0.1) is 11.3 Å². The highest BCUT2D eigenvalue weighted by Gasteiger charge is 2.26. The summed E-state index contributed by atoms with van der Waals surface area (Å²) in [5.41, 5.74) is 10.1. The number of para-hydroxylation sites is 1. The molecule has 0 spiro atoms. The molecule has 0 radical (unpaired) electrons. The first kappa shape index (κ1) is 19.0. The Morgan fingerprint density at radius 3 is 2.66 bits per heavy atom. The van der Waals surface area contributed by atoms with Gasteiger partial charge in [-0.1, -0.05) is 42.5 Å². The van der Waals surface area contributed by atoms with Crippen LogP contribution < -0.4 is 5.73 Å². The third-order valence-corrected chi connectivity index (χ3v) is 5.56. The highest BCUT2D eigenvalue weighted by Crippen LogP contribution is 2.36. The number of phenols is 1. The zero-order chi connectivity index (χ0) is 20.2. The molecule has 1 saturated heterocycles. The molecule has 2 aromatic carbocycles. The smallest absolute Gasteiger partial charge is 0.142 e. The van der Waals surface area contributed by atoms with Crippen LogP contribution in [0.5, 0.6) is 5.75 Å². The summed E-state index contributed by atoms with van der Waals surface area (Å²) in [6.07, 6.45) is 2.07. The van der Waals surface area contributed by atoms with E-state index in [9.17, 15) is 10.4 Å². The Labute approximate surface area is 171 Å². The van der Waals surface area contributed by atoms with E-state index in [1.54, 1.807) is 12.1 Å². The minimum Gasteiger partial charge on any atom is -0.507 e. The van der Waals surface area contributed by atoms with Gasteiger partial charge in [0.25, 0.3) is 0 Å². The lowest BCUT2D eigenvalue weighted by Crippen LogP contribution is -2.34. The first-order valence-corrected chi connectivity index (χ1v) is 9.91. The third kappa shape index (κ3) is 4.08. The van der Waals surface area contributed by atoms with E-state index in [0.29, 0.717) is 16.8 Å². The lowest BCUT2D eigenvalue weighted by Gasteiger charge is -2.33. The molecule has 0 bridgehead atoms. The van der Waals surface area contributed by atoms with Crippen molar-refractivity contribution in [1.29, 1.82) is 5.26 Å². The molecule has 5 nitrogen and oxygen atoms in total. The van der Waals surface area contributed by atoms with Gasteiger partial charge in [-0.15, -0.1) is 0 Å². The topological polar surface area (TPSA) is 86.2 Å². The van der Waals surface area contributed by atoms with Crippen LogP contribution in [0.1, 0.15) is 35.4 Å². The number of hydrogen-bond donors (Lipinski definition) is 2. The van der Waals surface area contributed by atoms with Crippen LogP contribution >= 0.6 is 0 Å².